The summed E-state index contributed by atoms with van der Waals surface area (Å²) in [5, 5.41) is 6.42. The molecule has 0 aliphatic heterocycles. The molecule has 2 heterocycles. The molecule has 1 aliphatic rings. The van der Waals surface area contributed by atoms with Crippen molar-refractivity contribution in [2.45, 2.75) is 26.1 Å². The molecule has 8 aromatic rings. The Morgan fingerprint density at radius 3 is 1.34 bits per heavy atom. The van der Waals surface area contributed by atoms with E-state index in [2.05, 4.69) is 20.6 Å². The lowest BCUT2D eigenvalue weighted by molar-refractivity contribution is -0.131. The van der Waals surface area contributed by atoms with Gasteiger partial charge < -0.3 is 39.1 Å². The molecule has 14 heteroatoms. The predicted octanol–water partition coefficient (Wildman–Crippen LogP) is 11.2. The van der Waals surface area contributed by atoms with Gasteiger partial charge in [-0.15, -0.1) is 0 Å². The van der Waals surface area contributed by atoms with Gasteiger partial charge in [0, 0.05) is 58.8 Å². The van der Waals surface area contributed by atoms with E-state index in [4.69, 9.17) is 28.4 Å². The fraction of sp³-hybridized carbons (Fsp3) is 0.137. The molecule has 0 radical (unpaired) electrons. The van der Waals surface area contributed by atoms with Crippen LogP contribution in [0.5, 0.6) is 46.0 Å². The van der Waals surface area contributed by atoms with Gasteiger partial charge in [-0.1, -0.05) is 60.7 Å². The number of amides is 2. The van der Waals surface area contributed by atoms with Crippen molar-refractivity contribution in [2.24, 2.45) is 5.41 Å². The number of ether oxygens (including phenoxy) is 6. The van der Waals surface area contributed by atoms with Gasteiger partial charge in [-0.25, -0.2) is 8.78 Å². The van der Waals surface area contributed by atoms with Gasteiger partial charge in [-0.05, 0) is 72.5 Å². The number of benzene rings is 6. The first-order valence-electron chi connectivity index (χ1n) is 20.5. The second-order valence-electron chi connectivity index (χ2n) is 15.2. The molecule has 0 atom stereocenters. The maximum absolute atomic E-state index is 15.6. The highest BCUT2D eigenvalue weighted by Gasteiger charge is 2.56. The Kier molecular flexibility index (Phi) is 11.8. The zero-order valence-electron chi connectivity index (χ0n) is 35.1. The first-order chi connectivity index (χ1) is 31.7. The van der Waals surface area contributed by atoms with Crippen LogP contribution in [0.3, 0.4) is 0 Å². The van der Waals surface area contributed by atoms with Crippen molar-refractivity contribution in [1.82, 2.24) is 9.97 Å². The number of nitrogens with zero attached hydrogens (tertiary/aromatic N) is 2. The largest absolute Gasteiger partial charge is 0.493 e. The summed E-state index contributed by atoms with van der Waals surface area (Å²) in [5.41, 5.74) is 1.84. The Morgan fingerprint density at radius 1 is 0.523 bits per heavy atom. The van der Waals surface area contributed by atoms with Gasteiger partial charge >= 0.3 is 0 Å². The Bertz CT molecular complexity index is 2860. The number of hydrogen-bond donors (Lipinski definition) is 2. The van der Waals surface area contributed by atoms with Crippen LogP contribution < -0.4 is 39.1 Å². The summed E-state index contributed by atoms with van der Waals surface area (Å²) in [4.78, 5) is 35.9. The van der Waals surface area contributed by atoms with Crippen LogP contribution in [0, 0.1) is 17.0 Å². The van der Waals surface area contributed by atoms with E-state index in [9.17, 15) is 9.59 Å². The molecule has 1 saturated carbocycles. The minimum absolute atomic E-state index is 0.109. The third-order valence-electron chi connectivity index (χ3n) is 10.9. The van der Waals surface area contributed by atoms with Crippen LogP contribution in [0.15, 0.2) is 146 Å². The number of methoxy groups -OCH3 is 2. The van der Waals surface area contributed by atoms with E-state index in [0.29, 0.717) is 69.5 Å². The molecular formula is C51H40F2N4O8. The van der Waals surface area contributed by atoms with Crippen molar-refractivity contribution in [3.05, 3.63) is 169 Å². The van der Waals surface area contributed by atoms with Gasteiger partial charge in [0.2, 0.25) is 11.8 Å². The number of halogens is 2. The Hall–Kier alpha value is -8.26. The predicted molar refractivity (Wildman–Crippen MR) is 240 cm³/mol. The second-order valence-corrected chi connectivity index (χ2v) is 15.2. The molecule has 0 unspecified atom stereocenters. The van der Waals surface area contributed by atoms with E-state index < -0.39 is 28.9 Å². The van der Waals surface area contributed by atoms with Crippen LogP contribution in [0.2, 0.25) is 0 Å². The molecular weight excluding hydrogens is 835 g/mol. The average Bonchev–Trinajstić information content (AvgIpc) is 4.15. The summed E-state index contributed by atoms with van der Waals surface area (Å²) in [6.07, 6.45) is 3.56. The van der Waals surface area contributed by atoms with Crippen molar-refractivity contribution < 1.29 is 46.8 Å². The normalized spacial score (nSPS) is 12.6. The van der Waals surface area contributed by atoms with Crippen molar-refractivity contribution in [3.63, 3.8) is 0 Å². The van der Waals surface area contributed by atoms with Crippen LogP contribution in [0.25, 0.3) is 21.8 Å². The van der Waals surface area contributed by atoms with Crippen LogP contribution >= 0.6 is 0 Å². The highest BCUT2D eigenvalue weighted by atomic mass is 19.1. The zero-order valence-corrected chi connectivity index (χ0v) is 35.1. The fourth-order valence-electron chi connectivity index (χ4n) is 7.19. The lowest BCUT2D eigenvalue weighted by atomic mass is 10.0. The van der Waals surface area contributed by atoms with E-state index in [0.717, 1.165) is 23.3 Å². The van der Waals surface area contributed by atoms with Gasteiger partial charge in [-0.2, -0.15) is 0 Å². The summed E-state index contributed by atoms with van der Waals surface area (Å²) in [5.74, 6) is -0.521. The van der Waals surface area contributed by atoms with Crippen LogP contribution in [0.1, 0.15) is 24.0 Å². The summed E-state index contributed by atoms with van der Waals surface area (Å²) in [7, 11) is 3.04. The van der Waals surface area contributed by atoms with E-state index in [1.54, 1.807) is 36.4 Å². The summed E-state index contributed by atoms with van der Waals surface area (Å²) >= 11 is 0. The minimum atomic E-state index is -1.44. The smallest absolute Gasteiger partial charge is 0.240 e. The number of nitrogens with one attached hydrogen (secondary N) is 2. The molecule has 65 heavy (non-hydrogen) atoms. The topological polar surface area (TPSA) is 139 Å². The van der Waals surface area contributed by atoms with Crippen molar-refractivity contribution in [3.8, 4) is 46.0 Å². The number of carbonyl (C=O) groups is 2. The molecule has 1 aliphatic carbocycles. The molecule has 0 spiro atoms. The molecule has 2 aromatic heterocycles. The molecule has 2 N–H and O–H groups in total. The summed E-state index contributed by atoms with van der Waals surface area (Å²) in [6.45, 7) is 0.641. The fourth-order valence-corrected chi connectivity index (χ4v) is 7.19. The highest BCUT2D eigenvalue weighted by Crippen LogP contribution is 2.48. The first kappa shape index (κ1) is 42.1. The Balaban J connectivity index is 0.835. The third kappa shape index (κ3) is 9.14. The van der Waals surface area contributed by atoms with E-state index in [1.807, 2.05) is 60.7 Å². The number of hydrogen-bond acceptors (Lipinski definition) is 10. The lowest BCUT2D eigenvalue weighted by Crippen LogP contribution is -2.35. The SMILES string of the molecule is COc1cc2c(Oc3ccc(NC(=O)C4(C(=O)Nc5ccc(Oc6ccnc7cc(OCc8ccccc8)c(OC)cc67)c(F)c5)CC4)cc3F)ccnc2cc1OCc1ccccc1. The summed E-state index contributed by atoms with van der Waals surface area (Å²) < 4.78 is 66.3. The van der Waals surface area contributed by atoms with Gasteiger partial charge in [0.25, 0.3) is 0 Å². The Labute approximate surface area is 371 Å². The minimum Gasteiger partial charge on any atom is -0.493 e. The number of aromatic nitrogens is 2. The number of rotatable bonds is 16. The monoisotopic (exact) mass is 874 g/mol. The van der Waals surface area contributed by atoms with Gasteiger partial charge in [-0.3, -0.25) is 19.6 Å². The van der Waals surface area contributed by atoms with E-state index in [1.165, 1.54) is 50.9 Å². The number of fused-ring (bicyclic) bond motifs is 2. The number of carbonyl (C=O) groups excluding carboxylic acids is 2. The van der Waals surface area contributed by atoms with Crippen molar-refractivity contribution in [2.75, 3.05) is 24.9 Å². The average molecular weight is 875 g/mol. The van der Waals surface area contributed by atoms with Gasteiger partial charge in [0.1, 0.15) is 30.1 Å². The molecule has 1 fully saturated rings. The molecule has 326 valence electrons. The zero-order chi connectivity index (χ0) is 44.9. The van der Waals surface area contributed by atoms with Gasteiger partial charge in [0.05, 0.1) is 25.3 Å². The molecule has 12 nitrogen and oxygen atoms in total. The highest BCUT2D eigenvalue weighted by molar-refractivity contribution is 6.17. The van der Waals surface area contributed by atoms with Crippen molar-refractivity contribution in [1.29, 1.82) is 0 Å². The molecule has 9 rings (SSSR count). The Morgan fingerprint density at radius 2 is 0.954 bits per heavy atom. The van der Waals surface area contributed by atoms with Crippen molar-refractivity contribution >= 4 is 45.0 Å². The van der Waals surface area contributed by atoms with E-state index >= 15 is 8.78 Å². The summed E-state index contributed by atoms with van der Waals surface area (Å²) in [6, 6.07) is 37.4. The maximum atomic E-state index is 15.6. The molecule has 6 aromatic carbocycles. The molecule has 0 bridgehead atoms. The number of anilines is 2. The van der Waals surface area contributed by atoms with E-state index in [-0.39, 0.29) is 35.7 Å². The van der Waals surface area contributed by atoms with Crippen LogP contribution in [0.4, 0.5) is 20.2 Å². The van der Waals surface area contributed by atoms with Crippen LogP contribution in [-0.2, 0) is 22.8 Å². The number of pyridine rings is 2. The quantitative estimate of drug-likeness (QED) is 0.0902. The standard InChI is InChI=1S/C51H40F2N4O8/c1-60-45-25-35-39(27-47(45)62-29-31-9-5-3-6-10-31)54-21-17-41(35)64-43-15-13-33(23-37(43)52)56-49(58)51(19-20-51)50(59)57-34-14-16-44(38(53)24-34)65-42-18-22-55-40-28-48(46(61-2)26-36(40)42)63-30-32-11-7-4-8-12-32/h3-18,21-28H,19-20,29-30H2,1-2H3,(H,56,58)(H,57,59). The van der Waals surface area contributed by atoms with Crippen LogP contribution in [-0.4, -0.2) is 36.0 Å². The molecule has 2 amide bonds. The second kappa shape index (κ2) is 18.2. The lowest BCUT2D eigenvalue weighted by Gasteiger charge is -2.17. The first-order valence-corrected chi connectivity index (χ1v) is 20.5. The maximum Gasteiger partial charge on any atom is 0.240 e. The third-order valence-corrected chi connectivity index (χ3v) is 10.9. The van der Waals surface area contributed by atoms with Gasteiger partial charge in [0.15, 0.2) is 46.1 Å². The molecule has 0 saturated heterocycles.